The number of rotatable bonds is 7. The molecular formula is C6H14O8P2. The van der Waals surface area contributed by atoms with Crippen molar-refractivity contribution in [3.63, 3.8) is 0 Å². The molecule has 0 aromatic carbocycles. The molecule has 0 bridgehead atoms. The van der Waals surface area contributed by atoms with Crippen LogP contribution in [0, 0.1) is 0 Å². The van der Waals surface area contributed by atoms with Gasteiger partial charge in [0.2, 0.25) is 0 Å². The molecule has 0 radical (unpaired) electrons. The summed E-state index contributed by atoms with van der Waals surface area (Å²) in [4.78, 5) is 25.4. The van der Waals surface area contributed by atoms with Crippen molar-refractivity contribution >= 4 is 15.6 Å². The maximum absolute atomic E-state index is 10.9. The van der Waals surface area contributed by atoms with Gasteiger partial charge in [0.05, 0.1) is 13.2 Å². The molecule has 0 aromatic rings. The minimum absolute atomic E-state index is 0.143. The first-order valence-electron chi connectivity index (χ1n) is 4.17. The van der Waals surface area contributed by atoms with Gasteiger partial charge in [0, 0.05) is 0 Å². The Labute approximate surface area is 92.4 Å². The van der Waals surface area contributed by atoms with E-state index in [0.29, 0.717) is 5.57 Å². The lowest BCUT2D eigenvalue weighted by Crippen LogP contribution is -1.95. The van der Waals surface area contributed by atoms with Crippen LogP contribution in [0.25, 0.3) is 0 Å². The number of phosphoric acid groups is 2. The minimum atomic E-state index is -5.05. The van der Waals surface area contributed by atoms with Gasteiger partial charge in [-0.3, -0.25) is 4.52 Å². The molecule has 8 nitrogen and oxygen atoms in total. The van der Waals surface area contributed by atoms with Crippen LogP contribution in [0.2, 0.25) is 0 Å². The van der Waals surface area contributed by atoms with E-state index in [-0.39, 0.29) is 19.6 Å². The van der Waals surface area contributed by atoms with Gasteiger partial charge >= 0.3 is 15.6 Å². The molecule has 96 valence electrons. The van der Waals surface area contributed by atoms with E-state index in [1.54, 1.807) is 13.0 Å². The zero-order valence-corrected chi connectivity index (χ0v) is 10.3. The van der Waals surface area contributed by atoms with Crippen LogP contribution in [-0.4, -0.2) is 33.0 Å². The van der Waals surface area contributed by atoms with Gasteiger partial charge in [-0.05, 0) is 13.3 Å². The second-order valence-corrected chi connectivity index (χ2v) is 5.70. The van der Waals surface area contributed by atoms with Gasteiger partial charge in [0.15, 0.2) is 0 Å². The number of aliphatic hydroxyl groups excluding tert-OH is 1. The number of hydrogen-bond acceptors (Lipinski definition) is 5. The maximum Gasteiger partial charge on any atom is 0.481 e. The third kappa shape index (κ3) is 9.21. The summed E-state index contributed by atoms with van der Waals surface area (Å²) < 4.78 is 29.0. The molecule has 0 spiro atoms. The summed E-state index contributed by atoms with van der Waals surface area (Å²) in [5, 5.41) is 8.61. The van der Waals surface area contributed by atoms with Crippen molar-refractivity contribution in [2.24, 2.45) is 0 Å². The van der Waals surface area contributed by atoms with Crippen LogP contribution in [-0.2, 0) is 18.0 Å². The van der Waals surface area contributed by atoms with Gasteiger partial charge in [-0.15, -0.1) is 0 Å². The number of aliphatic hydroxyl groups is 1. The fourth-order valence-electron chi connectivity index (χ4n) is 0.696. The molecule has 0 rings (SSSR count). The monoisotopic (exact) mass is 276 g/mol. The van der Waals surface area contributed by atoms with E-state index >= 15 is 0 Å². The second-order valence-electron chi connectivity index (χ2n) is 2.87. The van der Waals surface area contributed by atoms with E-state index in [0.717, 1.165) is 0 Å². The fourth-order valence-corrected chi connectivity index (χ4v) is 2.30. The average molecular weight is 276 g/mol. The number of phosphoric ester groups is 1. The van der Waals surface area contributed by atoms with E-state index in [9.17, 15) is 9.13 Å². The zero-order chi connectivity index (χ0) is 12.8. The summed E-state index contributed by atoms with van der Waals surface area (Å²) in [7, 11) is -9.79. The molecule has 0 saturated carbocycles. The predicted octanol–water partition coefficient (Wildman–Crippen LogP) is 0.541. The van der Waals surface area contributed by atoms with Crippen LogP contribution in [0.1, 0.15) is 13.3 Å². The normalized spacial score (nSPS) is 17.2. The van der Waals surface area contributed by atoms with Crippen molar-refractivity contribution in [2.45, 2.75) is 13.3 Å². The molecule has 0 fully saturated rings. The second kappa shape index (κ2) is 6.64. The molecule has 0 aliphatic rings. The fraction of sp³-hybridized carbons (Fsp3) is 0.667. The van der Waals surface area contributed by atoms with Crippen molar-refractivity contribution in [3.8, 4) is 0 Å². The molecule has 1 unspecified atom stereocenters. The highest BCUT2D eigenvalue weighted by atomic mass is 31.3. The first kappa shape index (κ1) is 16.0. The molecule has 0 aromatic heterocycles. The van der Waals surface area contributed by atoms with Crippen LogP contribution >= 0.6 is 15.6 Å². The highest BCUT2D eigenvalue weighted by Crippen LogP contribution is 2.57. The lowest BCUT2D eigenvalue weighted by atomic mass is 10.2. The van der Waals surface area contributed by atoms with Crippen molar-refractivity contribution in [1.82, 2.24) is 0 Å². The van der Waals surface area contributed by atoms with Crippen LogP contribution in [0.15, 0.2) is 11.6 Å². The van der Waals surface area contributed by atoms with Crippen LogP contribution in [0.5, 0.6) is 0 Å². The first-order valence-corrected chi connectivity index (χ1v) is 7.19. The van der Waals surface area contributed by atoms with Crippen LogP contribution in [0.4, 0.5) is 0 Å². The Morgan fingerprint density at radius 3 is 2.31 bits per heavy atom. The van der Waals surface area contributed by atoms with E-state index < -0.39 is 15.6 Å². The van der Waals surface area contributed by atoms with Crippen LogP contribution in [0.3, 0.4) is 0 Å². The third-order valence-electron chi connectivity index (χ3n) is 1.32. The van der Waals surface area contributed by atoms with Crippen molar-refractivity contribution < 1.29 is 37.8 Å². The summed E-state index contributed by atoms with van der Waals surface area (Å²) in [6.07, 6.45) is 1.76. The Morgan fingerprint density at radius 2 is 1.88 bits per heavy atom. The highest BCUT2D eigenvalue weighted by molar-refractivity contribution is 7.60. The smallest absolute Gasteiger partial charge is 0.392 e. The molecule has 0 heterocycles. The SMILES string of the molecule is C/C(=C/CCOP(=O)(O)OP(=O)(O)O)CO. The standard InChI is InChI=1S/C6H14O8P2/c1-6(5-7)3-2-4-13-16(11,12)14-15(8,9)10/h3,7H,2,4-5H2,1H3,(H,11,12)(H2,8,9,10)/b6-3-. The predicted molar refractivity (Wildman–Crippen MR) is 54.4 cm³/mol. The van der Waals surface area contributed by atoms with Gasteiger partial charge in [0.1, 0.15) is 0 Å². The van der Waals surface area contributed by atoms with E-state index in [2.05, 4.69) is 8.83 Å². The summed E-state index contributed by atoms with van der Waals surface area (Å²) in [6.45, 7) is 1.24. The molecule has 1 atom stereocenters. The Kier molecular flexibility index (Phi) is 6.62. The molecule has 16 heavy (non-hydrogen) atoms. The Morgan fingerprint density at radius 1 is 1.31 bits per heavy atom. The summed E-state index contributed by atoms with van der Waals surface area (Å²) in [5.41, 5.74) is 0.646. The third-order valence-corrected chi connectivity index (χ3v) is 3.51. The van der Waals surface area contributed by atoms with E-state index in [4.69, 9.17) is 19.8 Å². The summed E-state index contributed by atoms with van der Waals surface area (Å²) in [6, 6.07) is 0. The van der Waals surface area contributed by atoms with Crippen LogP contribution < -0.4 is 0 Å². The Balaban J connectivity index is 4.02. The molecule has 10 heteroatoms. The molecule has 0 amide bonds. The van der Waals surface area contributed by atoms with Gasteiger partial charge in [-0.2, -0.15) is 4.31 Å². The van der Waals surface area contributed by atoms with Crippen molar-refractivity contribution in [3.05, 3.63) is 11.6 Å². The average Bonchev–Trinajstić information content (AvgIpc) is 2.08. The minimum Gasteiger partial charge on any atom is -0.392 e. The highest BCUT2D eigenvalue weighted by Gasteiger charge is 2.31. The molecule has 0 aliphatic heterocycles. The largest absolute Gasteiger partial charge is 0.481 e. The lowest BCUT2D eigenvalue weighted by molar-refractivity contribution is 0.180. The lowest BCUT2D eigenvalue weighted by Gasteiger charge is -2.11. The van der Waals surface area contributed by atoms with Gasteiger partial charge in [-0.25, -0.2) is 9.13 Å². The molecule has 0 aliphatic carbocycles. The van der Waals surface area contributed by atoms with Gasteiger partial charge < -0.3 is 19.8 Å². The zero-order valence-electron chi connectivity index (χ0n) is 8.51. The molecular weight excluding hydrogens is 262 g/mol. The van der Waals surface area contributed by atoms with E-state index in [1.807, 2.05) is 0 Å². The number of hydrogen-bond donors (Lipinski definition) is 4. The van der Waals surface area contributed by atoms with Gasteiger partial charge in [-0.1, -0.05) is 11.6 Å². The van der Waals surface area contributed by atoms with Crippen molar-refractivity contribution in [1.29, 1.82) is 0 Å². The summed E-state index contributed by atoms with van der Waals surface area (Å²) >= 11 is 0. The maximum atomic E-state index is 10.9. The Bertz CT molecular complexity index is 331. The first-order chi connectivity index (χ1) is 7.16. The van der Waals surface area contributed by atoms with E-state index in [1.165, 1.54) is 0 Å². The molecule has 4 N–H and O–H groups in total. The topological polar surface area (TPSA) is 134 Å². The summed E-state index contributed by atoms with van der Waals surface area (Å²) in [5.74, 6) is 0. The Hall–Kier alpha value is -0.0400. The molecule has 0 saturated heterocycles. The quantitative estimate of drug-likeness (QED) is 0.301. The van der Waals surface area contributed by atoms with Crippen molar-refractivity contribution in [2.75, 3.05) is 13.2 Å². The van der Waals surface area contributed by atoms with Gasteiger partial charge in [0.25, 0.3) is 0 Å².